The molecule has 1 aromatic heterocycles. The van der Waals surface area contributed by atoms with Gasteiger partial charge in [0.05, 0.1) is 4.90 Å². The fourth-order valence-electron chi connectivity index (χ4n) is 2.69. The van der Waals surface area contributed by atoms with Gasteiger partial charge >= 0.3 is 0 Å². The van der Waals surface area contributed by atoms with Crippen LogP contribution in [0.1, 0.15) is 32.7 Å². The molecule has 0 radical (unpaired) electrons. The maximum Gasteiger partial charge on any atom is 0.168 e. The molecule has 0 bridgehead atoms. The third-order valence-electron chi connectivity index (χ3n) is 4.18. The summed E-state index contributed by atoms with van der Waals surface area (Å²) in [6, 6.07) is 9.36. The summed E-state index contributed by atoms with van der Waals surface area (Å²) >= 11 is 7.17. The monoisotopic (exact) mass is 403 g/mol. The average molecular weight is 404 g/mol. The molecule has 0 atom stereocenters. The highest BCUT2D eigenvalue weighted by Crippen LogP contribution is 2.34. The molecule has 1 heterocycles. The molecule has 0 aliphatic carbocycles. The number of halogens is 3. The highest BCUT2D eigenvalue weighted by Gasteiger charge is 2.15. The summed E-state index contributed by atoms with van der Waals surface area (Å²) < 4.78 is 29.1. The maximum absolute atomic E-state index is 15.0. The summed E-state index contributed by atoms with van der Waals surface area (Å²) in [4.78, 5) is 15.8. The molecule has 2 aromatic carbocycles. The Morgan fingerprint density at radius 1 is 1.07 bits per heavy atom. The topological polar surface area (TPSA) is 30.0 Å². The molecule has 6 heteroatoms. The number of hydrogen-bond donors (Lipinski definition) is 0. The average Bonchev–Trinajstić information content (AvgIpc) is 2.63. The summed E-state index contributed by atoms with van der Waals surface area (Å²) in [6.45, 7) is 3.67. The summed E-state index contributed by atoms with van der Waals surface area (Å²) in [6.07, 6.45) is 2.37. The van der Waals surface area contributed by atoms with Crippen molar-refractivity contribution in [3.63, 3.8) is 0 Å². The van der Waals surface area contributed by atoms with Gasteiger partial charge in [0.1, 0.15) is 17.3 Å². The van der Waals surface area contributed by atoms with Crippen LogP contribution in [-0.4, -0.2) is 11.3 Å². The number of aromatic nitrogens is 1. The van der Waals surface area contributed by atoms with Gasteiger partial charge in [0.15, 0.2) is 6.29 Å². The Bertz CT molecular complexity index is 1020. The van der Waals surface area contributed by atoms with E-state index < -0.39 is 11.6 Å². The van der Waals surface area contributed by atoms with Crippen LogP contribution in [0.5, 0.6) is 0 Å². The number of rotatable bonds is 5. The Labute approximate surface area is 165 Å². The summed E-state index contributed by atoms with van der Waals surface area (Å²) in [5.74, 6) is -0.970. The lowest BCUT2D eigenvalue weighted by atomic mass is 10.0. The lowest BCUT2D eigenvalue weighted by molar-refractivity contribution is 0.111. The van der Waals surface area contributed by atoms with Crippen molar-refractivity contribution in [1.29, 1.82) is 0 Å². The van der Waals surface area contributed by atoms with Crippen LogP contribution in [0.2, 0.25) is 5.02 Å². The Morgan fingerprint density at radius 3 is 2.52 bits per heavy atom. The lowest BCUT2D eigenvalue weighted by Gasteiger charge is -2.11. The third kappa shape index (κ3) is 4.54. The van der Waals surface area contributed by atoms with Crippen molar-refractivity contribution in [3.05, 3.63) is 87.2 Å². The first-order chi connectivity index (χ1) is 12.9. The molecule has 0 saturated carbocycles. The van der Waals surface area contributed by atoms with Crippen molar-refractivity contribution < 1.29 is 13.6 Å². The van der Waals surface area contributed by atoms with E-state index >= 15 is 0 Å². The molecule has 0 unspecified atom stereocenters. The highest BCUT2D eigenvalue weighted by atomic mass is 35.5. The minimum atomic E-state index is -0.505. The number of aldehydes is 1. The van der Waals surface area contributed by atoms with E-state index in [1.54, 1.807) is 18.2 Å². The van der Waals surface area contributed by atoms with Crippen LogP contribution < -0.4 is 0 Å². The van der Waals surface area contributed by atoms with Gasteiger partial charge in [0.2, 0.25) is 0 Å². The molecule has 2 nitrogen and oxygen atoms in total. The fraction of sp³-hybridized carbons (Fsp3) is 0.143. The van der Waals surface area contributed by atoms with E-state index in [1.165, 1.54) is 18.3 Å². The SMILES string of the molecule is Cc1cc(Sc2cc(F)cc(Cc3cnc(C=O)cc3C)c2F)ccc1Cl. The number of aryl methyl sites for hydroxylation is 2. The molecule has 0 fully saturated rings. The van der Waals surface area contributed by atoms with Crippen LogP contribution in [0.3, 0.4) is 0 Å². The molecule has 0 amide bonds. The standard InChI is InChI=1S/C21H16ClF2NOS/c1-12-5-17(11-26)25-10-15(12)7-14-8-16(23)9-20(21(14)24)27-18-3-4-19(22)13(2)6-18/h3-6,8-11H,7H2,1-2H3. The van der Waals surface area contributed by atoms with Crippen molar-refractivity contribution >= 4 is 29.6 Å². The number of hydrogen-bond acceptors (Lipinski definition) is 3. The molecule has 3 aromatic rings. The van der Waals surface area contributed by atoms with Crippen molar-refractivity contribution in [2.24, 2.45) is 0 Å². The minimum Gasteiger partial charge on any atom is -0.296 e. The second-order valence-corrected chi connectivity index (χ2v) is 7.74. The van der Waals surface area contributed by atoms with Crippen molar-refractivity contribution in [3.8, 4) is 0 Å². The van der Waals surface area contributed by atoms with E-state index in [0.717, 1.165) is 33.3 Å². The van der Waals surface area contributed by atoms with Crippen LogP contribution in [0.4, 0.5) is 8.78 Å². The highest BCUT2D eigenvalue weighted by molar-refractivity contribution is 7.99. The smallest absolute Gasteiger partial charge is 0.168 e. The van der Waals surface area contributed by atoms with Crippen LogP contribution in [0, 0.1) is 25.5 Å². The maximum atomic E-state index is 15.0. The summed E-state index contributed by atoms with van der Waals surface area (Å²) in [5, 5.41) is 0.626. The molecule has 138 valence electrons. The first kappa shape index (κ1) is 19.5. The van der Waals surface area contributed by atoms with Gasteiger partial charge in [-0.15, -0.1) is 0 Å². The van der Waals surface area contributed by atoms with E-state index in [4.69, 9.17) is 11.6 Å². The lowest BCUT2D eigenvalue weighted by Crippen LogP contribution is -2.00. The van der Waals surface area contributed by atoms with E-state index in [1.807, 2.05) is 19.9 Å². The normalized spacial score (nSPS) is 10.9. The quantitative estimate of drug-likeness (QED) is 0.476. The van der Waals surface area contributed by atoms with Gasteiger partial charge in [-0.1, -0.05) is 23.4 Å². The van der Waals surface area contributed by atoms with Gasteiger partial charge < -0.3 is 0 Å². The van der Waals surface area contributed by atoms with Gasteiger partial charge in [-0.05, 0) is 72.5 Å². The van der Waals surface area contributed by atoms with Gasteiger partial charge in [0, 0.05) is 22.5 Å². The Kier molecular flexibility index (Phi) is 5.92. The van der Waals surface area contributed by atoms with Crippen molar-refractivity contribution in [2.45, 2.75) is 30.1 Å². The first-order valence-corrected chi connectivity index (χ1v) is 9.39. The number of carbonyl (C=O) groups excluding carboxylic acids is 1. The zero-order chi connectivity index (χ0) is 19.6. The third-order valence-corrected chi connectivity index (χ3v) is 5.61. The molecule has 0 aliphatic heterocycles. The van der Waals surface area contributed by atoms with E-state index in [9.17, 15) is 13.6 Å². The van der Waals surface area contributed by atoms with E-state index in [2.05, 4.69) is 4.98 Å². The molecule has 0 aliphatic rings. The van der Waals surface area contributed by atoms with Gasteiger partial charge in [-0.25, -0.2) is 8.78 Å². The Hall–Kier alpha value is -2.24. The van der Waals surface area contributed by atoms with Crippen LogP contribution >= 0.6 is 23.4 Å². The zero-order valence-electron chi connectivity index (χ0n) is 14.7. The predicted octanol–water partition coefficient (Wildman–Crippen LogP) is 6.18. The largest absolute Gasteiger partial charge is 0.296 e. The van der Waals surface area contributed by atoms with Crippen molar-refractivity contribution in [2.75, 3.05) is 0 Å². The molecule has 27 heavy (non-hydrogen) atoms. The number of nitrogens with zero attached hydrogens (tertiary/aromatic N) is 1. The molecule has 3 rings (SSSR count). The fourth-order valence-corrected chi connectivity index (χ4v) is 3.83. The first-order valence-electron chi connectivity index (χ1n) is 8.20. The molecule has 0 N–H and O–H groups in total. The van der Waals surface area contributed by atoms with Gasteiger partial charge in [-0.2, -0.15) is 0 Å². The summed E-state index contributed by atoms with van der Waals surface area (Å²) in [5.41, 5.74) is 2.97. The van der Waals surface area contributed by atoms with Gasteiger partial charge in [-0.3, -0.25) is 9.78 Å². The summed E-state index contributed by atoms with van der Waals surface area (Å²) in [7, 11) is 0. The van der Waals surface area contributed by atoms with Gasteiger partial charge in [0.25, 0.3) is 0 Å². The molecular formula is C21H16ClF2NOS. The minimum absolute atomic E-state index is 0.189. The van der Waals surface area contributed by atoms with Crippen LogP contribution in [0.25, 0.3) is 0 Å². The number of benzene rings is 2. The van der Waals surface area contributed by atoms with Crippen LogP contribution in [0.15, 0.2) is 52.4 Å². The molecule has 0 spiro atoms. The predicted molar refractivity (Wildman–Crippen MR) is 104 cm³/mol. The van der Waals surface area contributed by atoms with Crippen LogP contribution in [-0.2, 0) is 6.42 Å². The Morgan fingerprint density at radius 2 is 1.85 bits per heavy atom. The second-order valence-electron chi connectivity index (χ2n) is 6.22. The molecule has 0 saturated heterocycles. The van der Waals surface area contributed by atoms with E-state index in [0.29, 0.717) is 17.0 Å². The number of carbonyl (C=O) groups is 1. The van der Waals surface area contributed by atoms with E-state index in [-0.39, 0.29) is 16.9 Å². The number of pyridine rings is 1. The van der Waals surface area contributed by atoms with Crippen molar-refractivity contribution in [1.82, 2.24) is 4.98 Å². The second kappa shape index (κ2) is 8.19. The molecular weight excluding hydrogens is 388 g/mol. The zero-order valence-corrected chi connectivity index (χ0v) is 16.3. The Balaban J connectivity index is 1.93.